The lowest BCUT2D eigenvalue weighted by molar-refractivity contribution is -0.116. The summed E-state index contributed by atoms with van der Waals surface area (Å²) in [4.78, 5) is 33.4. The first-order chi connectivity index (χ1) is 16.0. The van der Waals surface area contributed by atoms with E-state index in [-0.39, 0.29) is 23.9 Å². The first-order valence-corrected chi connectivity index (χ1v) is 11.3. The molecule has 7 nitrogen and oxygen atoms in total. The van der Waals surface area contributed by atoms with E-state index in [1.165, 1.54) is 10.1 Å². The molecule has 0 bridgehead atoms. The summed E-state index contributed by atoms with van der Waals surface area (Å²) in [7, 11) is 1.56. The Morgan fingerprint density at radius 3 is 2.58 bits per heavy atom. The molecule has 1 aliphatic heterocycles. The number of benzene rings is 2. The lowest BCUT2D eigenvalue weighted by atomic mass is 10.0. The summed E-state index contributed by atoms with van der Waals surface area (Å²) < 4.78 is 6.84. The number of anilines is 1. The van der Waals surface area contributed by atoms with Gasteiger partial charge in [-0.1, -0.05) is 56.3 Å². The number of fused-ring (bicyclic) bond motifs is 1. The fraction of sp³-hybridized carbons (Fsp3) is 0.346. The number of amides is 1. The van der Waals surface area contributed by atoms with Gasteiger partial charge in [0.05, 0.1) is 18.5 Å². The Kier molecular flexibility index (Phi) is 6.89. The zero-order valence-electron chi connectivity index (χ0n) is 19.4. The minimum atomic E-state index is -0.285. The molecule has 1 aliphatic rings. The van der Waals surface area contributed by atoms with Crippen LogP contribution >= 0.6 is 0 Å². The lowest BCUT2D eigenvalue weighted by Gasteiger charge is -2.29. The predicted molar refractivity (Wildman–Crippen MR) is 128 cm³/mol. The van der Waals surface area contributed by atoms with Crippen molar-refractivity contribution in [3.8, 4) is 5.75 Å². The average Bonchev–Trinajstić information content (AvgIpc) is 2.81. The number of rotatable bonds is 7. The van der Waals surface area contributed by atoms with Crippen LogP contribution in [0.2, 0.25) is 0 Å². The number of carbonyl (C=O) groups excluding carboxylic acids is 1. The molecular formula is C26H30N4O3. The van der Waals surface area contributed by atoms with E-state index >= 15 is 0 Å². The number of hydrogen-bond donors (Lipinski definition) is 1. The van der Waals surface area contributed by atoms with E-state index in [2.05, 4.69) is 22.3 Å². The van der Waals surface area contributed by atoms with Crippen molar-refractivity contribution < 1.29 is 9.53 Å². The fourth-order valence-corrected chi connectivity index (χ4v) is 4.25. The summed E-state index contributed by atoms with van der Waals surface area (Å²) in [5.74, 6) is 0.929. The monoisotopic (exact) mass is 446 g/mol. The third-order valence-electron chi connectivity index (χ3n) is 5.88. The van der Waals surface area contributed by atoms with Crippen LogP contribution in [0.4, 0.5) is 5.69 Å². The predicted octanol–water partition coefficient (Wildman–Crippen LogP) is 3.57. The number of nitrogens with zero attached hydrogens (tertiary/aromatic N) is 3. The number of aromatic nitrogens is 2. The molecule has 0 saturated heterocycles. The Bertz CT molecular complexity index is 1190. The van der Waals surface area contributed by atoms with Crippen LogP contribution in [0.5, 0.6) is 5.75 Å². The van der Waals surface area contributed by atoms with Crippen LogP contribution < -0.4 is 15.6 Å². The van der Waals surface area contributed by atoms with Crippen molar-refractivity contribution in [1.29, 1.82) is 0 Å². The van der Waals surface area contributed by atoms with Crippen LogP contribution in [0, 0.1) is 0 Å². The standard InChI is InChI=1S/C26H30N4O3/c1-18(2)25-28-22-16-29(15-19-9-5-4-6-10-19)14-13-20(22)26(32)30(25)17-24(31)27-21-11-7-8-12-23(21)33-3/h4-12,18H,13-17H2,1-3H3,(H,27,31). The van der Waals surface area contributed by atoms with Gasteiger partial charge >= 0.3 is 0 Å². The van der Waals surface area contributed by atoms with Crippen LogP contribution in [0.1, 0.15) is 42.4 Å². The Labute approximate surface area is 194 Å². The van der Waals surface area contributed by atoms with Crippen molar-refractivity contribution in [2.75, 3.05) is 19.0 Å². The lowest BCUT2D eigenvalue weighted by Crippen LogP contribution is -2.40. The molecule has 2 aromatic carbocycles. The fourth-order valence-electron chi connectivity index (χ4n) is 4.25. The zero-order valence-corrected chi connectivity index (χ0v) is 19.4. The molecule has 3 aromatic rings. The van der Waals surface area contributed by atoms with Gasteiger partial charge in [-0.15, -0.1) is 0 Å². The molecule has 0 fully saturated rings. The van der Waals surface area contributed by atoms with Crippen molar-refractivity contribution in [3.05, 3.63) is 87.6 Å². The molecule has 4 rings (SSSR count). The molecule has 0 atom stereocenters. The van der Waals surface area contributed by atoms with Crippen molar-refractivity contribution >= 4 is 11.6 Å². The van der Waals surface area contributed by atoms with Gasteiger partial charge in [-0.25, -0.2) is 4.98 Å². The summed E-state index contributed by atoms with van der Waals surface area (Å²) in [6, 6.07) is 17.5. The summed E-state index contributed by atoms with van der Waals surface area (Å²) in [6.07, 6.45) is 0.625. The van der Waals surface area contributed by atoms with Crippen LogP contribution in [0.25, 0.3) is 0 Å². The quantitative estimate of drug-likeness (QED) is 0.600. The Morgan fingerprint density at radius 2 is 1.85 bits per heavy atom. The zero-order chi connectivity index (χ0) is 23.4. The van der Waals surface area contributed by atoms with Crippen LogP contribution in [0.15, 0.2) is 59.4 Å². The molecule has 2 heterocycles. The second-order valence-electron chi connectivity index (χ2n) is 8.64. The first kappa shape index (κ1) is 22.7. The second-order valence-corrected chi connectivity index (χ2v) is 8.64. The van der Waals surface area contributed by atoms with Crippen LogP contribution in [-0.2, 0) is 30.8 Å². The van der Waals surface area contributed by atoms with Gasteiger partial charge in [-0.3, -0.25) is 19.1 Å². The van der Waals surface area contributed by atoms with E-state index in [0.29, 0.717) is 35.8 Å². The van der Waals surface area contributed by atoms with Gasteiger partial charge in [-0.05, 0) is 24.1 Å². The third-order valence-corrected chi connectivity index (χ3v) is 5.88. The Morgan fingerprint density at radius 1 is 1.12 bits per heavy atom. The largest absolute Gasteiger partial charge is 0.495 e. The summed E-state index contributed by atoms with van der Waals surface area (Å²) >= 11 is 0. The first-order valence-electron chi connectivity index (χ1n) is 11.3. The van der Waals surface area contributed by atoms with E-state index in [9.17, 15) is 9.59 Å². The number of nitrogens with one attached hydrogen (secondary N) is 1. The van der Waals surface area contributed by atoms with E-state index in [0.717, 1.165) is 18.8 Å². The van der Waals surface area contributed by atoms with E-state index in [1.54, 1.807) is 19.2 Å². The molecule has 0 spiro atoms. The molecule has 1 N–H and O–H groups in total. The van der Waals surface area contributed by atoms with Gasteiger partial charge in [0.2, 0.25) is 5.91 Å². The van der Waals surface area contributed by atoms with Gasteiger partial charge in [0, 0.05) is 31.1 Å². The maximum absolute atomic E-state index is 13.4. The number of hydrogen-bond acceptors (Lipinski definition) is 5. The maximum Gasteiger partial charge on any atom is 0.257 e. The number of carbonyl (C=O) groups is 1. The smallest absolute Gasteiger partial charge is 0.257 e. The second kappa shape index (κ2) is 10.0. The molecule has 0 aliphatic carbocycles. The normalized spacial score (nSPS) is 13.6. The van der Waals surface area contributed by atoms with E-state index in [1.807, 2.05) is 44.2 Å². The molecule has 33 heavy (non-hydrogen) atoms. The maximum atomic E-state index is 13.4. The summed E-state index contributed by atoms with van der Waals surface area (Å²) in [6.45, 7) is 6.14. The average molecular weight is 447 g/mol. The van der Waals surface area contributed by atoms with Crippen LogP contribution in [0.3, 0.4) is 0 Å². The van der Waals surface area contributed by atoms with E-state index < -0.39 is 0 Å². The van der Waals surface area contributed by atoms with Crippen molar-refractivity contribution in [2.24, 2.45) is 0 Å². The molecular weight excluding hydrogens is 416 g/mol. The highest BCUT2D eigenvalue weighted by atomic mass is 16.5. The molecule has 172 valence electrons. The minimum Gasteiger partial charge on any atom is -0.495 e. The van der Waals surface area contributed by atoms with Gasteiger partial charge in [0.25, 0.3) is 5.56 Å². The highest BCUT2D eigenvalue weighted by Gasteiger charge is 2.25. The van der Waals surface area contributed by atoms with Gasteiger partial charge < -0.3 is 10.1 Å². The number of para-hydroxylation sites is 2. The van der Waals surface area contributed by atoms with Gasteiger partial charge in [0.1, 0.15) is 18.1 Å². The Balaban J connectivity index is 1.57. The van der Waals surface area contributed by atoms with Gasteiger partial charge in [-0.2, -0.15) is 0 Å². The number of ether oxygens (including phenoxy) is 1. The molecule has 7 heteroatoms. The van der Waals surface area contributed by atoms with E-state index in [4.69, 9.17) is 9.72 Å². The Hall–Kier alpha value is -3.45. The molecule has 0 radical (unpaired) electrons. The molecule has 0 unspecified atom stereocenters. The van der Waals surface area contributed by atoms with Crippen molar-refractivity contribution in [3.63, 3.8) is 0 Å². The highest BCUT2D eigenvalue weighted by molar-refractivity contribution is 5.92. The number of methoxy groups -OCH3 is 1. The molecule has 0 saturated carbocycles. The summed E-state index contributed by atoms with van der Waals surface area (Å²) in [5, 5.41) is 2.86. The minimum absolute atomic E-state index is 0.00608. The SMILES string of the molecule is COc1ccccc1NC(=O)Cn1c(C(C)C)nc2c(c1=O)CCN(Cc1ccccc1)C2. The van der Waals surface area contributed by atoms with Crippen LogP contribution in [-0.4, -0.2) is 34.0 Å². The summed E-state index contributed by atoms with van der Waals surface area (Å²) in [5.41, 5.74) is 3.25. The highest BCUT2D eigenvalue weighted by Crippen LogP contribution is 2.23. The van der Waals surface area contributed by atoms with Crippen molar-refractivity contribution in [2.45, 2.75) is 45.8 Å². The third kappa shape index (κ3) is 5.14. The van der Waals surface area contributed by atoms with Crippen molar-refractivity contribution in [1.82, 2.24) is 14.5 Å². The molecule has 1 aromatic heterocycles. The van der Waals surface area contributed by atoms with Gasteiger partial charge in [0.15, 0.2) is 0 Å². The molecule has 1 amide bonds. The topological polar surface area (TPSA) is 76.5 Å².